The fraction of sp³-hybridized carbons (Fsp3) is 0.300. The highest BCUT2D eigenvalue weighted by Crippen LogP contribution is 2.35. The minimum atomic E-state index is -4.76. The molecule has 0 heterocycles. The molecule has 0 spiro atoms. The van der Waals surface area contributed by atoms with Crippen molar-refractivity contribution < 1.29 is 31.1 Å². The molecule has 0 saturated heterocycles. The third kappa shape index (κ3) is 4.68. The van der Waals surface area contributed by atoms with Crippen LogP contribution in [0.4, 0.5) is 37.7 Å². The molecule has 0 aromatic heterocycles. The molecule has 0 unspecified atom stereocenters. The van der Waals surface area contributed by atoms with Gasteiger partial charge in [-0.05, 0) is 18.2 Å². The minimum absolute atomic E-state index is 0.407. The molecule has 3 nitrogen and oxygen atoms in total. The third-order valence-electron chi connectivity index (χ3n) is 2.00. The van der Waals surface area contributed by atoms with Gasteiger partial charge in [0, 0.05) is 11.4 Å². The topological polar surface area (TPSA) is 55.1 Å². The van der Waals surface area contributed by atoms with Crippen LogP contribution in [-0.2, 0) is 11.0 Å². The van der Waals surface area contributed by atoms with E-state index >= 15 is 0 Å². The molecule has 0 bridgehead atoms. The molecule has 1 rings (SSSR count). The highest BCUT2D eigenvalue weighted by Gasteiger charge is 2.34. The van der Waals surface area contributed by atoms with Gasteiger partial charge >= 0.3 is 12.4 Å². The van der Waals surface area contributed by atoms with Crippen molar-refractivity contribution in [1.82, 2.24) is 0 Å². The Balaban J connectivity index is 2.89. The first-order chi connectivity index (χ1) is 8.49. The summed E-state index contributed by atoms with van der Waals surface area (Å²) in [6.07, 6.45) is -11.3. The Hall–Kier alpha value is -1.93. The van der Waals surface area contributed by atoms with Gasteiger partial charge in [-0.25, -0.2) is 0 Å². The summed E-state index contributed by atoms with van der Waals surface area (Å²) >= 11 is 0. The van der Waals surface area contributed by atoms with Crippen molar-refractivity contribution in [3.63, 3.8) is 0 Å². The van der Waals surface area contributed by atoms with E-state index in [2.05, 4.69) is 0 Å². The van der Waals surface area contributed by atoms with E-state index in [-0.39, 0.29) is 0 Å². The maximum absolute atomic E-state index is 12.5. The van der Waals surface area contributed by atoms with Crippen LogP contribution in [0.5, 0.6) is 0 Å². The molecule has 0 aliphatic rings. The van der Waals surface area contributed by atoms with Crippen molar-refractivity contribution >= 4 is 17.3 Å². The SMILES string of the molecule is Nc1ccc(NC(=O)CC(F)(F)F)cc1C(F)(F)F. The second-order valence-corrected chi connectivity index (χ2v) is 3.64. The van der Waals surface area contributed by atoms with E-state index in [1.807, 2.05) is 0 Å². The van der Waals surface area contributed by atoms with Crippen LogP contribution < -0.4 is 11.1 Å². The van der Waals surface area contributed by atoms with Gasteiger partial charge in [-0.15, -0.1) is 0 Å². The maximum atomic E-state index is 12.5. The fourth-order valence-electron chi connectivity index (χ4n) is 1.27. The van der Waals surface area contributed by atoms with Gasteiger partial charge in [0.15, 0.2) is 0 Å². The molecule has 3 N–H and O–H groups in total. The van der Waals surface area contributed by atoms with Crippen LogP contribution in [0.15, 0.2) is 18.2 Å². The minimum Gasteiger partial charge on any atom is -0.398 e. The number of nitrogen functional groups attached to an aromatic ring is 1. The smallest absolute Gasteiger partial charge is 0.398 e. The molecule has 0 saturated carbocycles. The monoisotopic (exact) mass is 286 g/mol. The van der Waals surface area contributed by atoms with E-state index in [0.717, 1.165) is 12.1 Å². The Morgan fingerprint density at radius 3 is 2.21 bits per heavy atom. The number of carbonyl (C=O) groups is 1. The summed E-state index contributed by atoms with van der Waals surface area (Å²) in [5.74, 6) is -1.45. The molecule has 9 heteroatoms. The number of rotatable bonds is 2. The Labute approximate surface area is 103 Å². The lowest BCUT2D eigenvalue weighted by molar-refractivity contribution is -0.150. The largest absolute Gasteiger partial charge is 0.418 e. The second kappa shape index (κ2) is 4.98. The van der Waals surface area contributed by atoms with Crippen LogP contribution in [0, 0.1) is 0 Å². The maximum Gasteiger partial charge on any atom is 0.418 e. The molecule has 1 aromatic carbocycles. The van der Waals surface area contributed by atoms with Crippen molar-refractivity contribution in [2.75, 3.05) is 11.1 Å². The van der Waals surface area contributed by atoms with Gasteiger partial charge < -0.3 is 11.1 Å². The summed E-state index contributed by atoms with van der Waals surface area (Å²) in [6, 6.07) is 2.31. The Morgan fingerprint density at radius 2 is 1.74 bits per heavy atom. The summed E-state index contributed by atoms with van der Waals surface area (Å²) in [5, 5.41) is 1.72. The van der Waals surface area contributed by atoms with Gasteiger partial charge in [0.1, 0.15) is 6.42 Å². The van der Waals surface area contributed by atoms with Crippen molar-refractivity contribution in [3.05, 3.63) is 23.8 Å². The quantitative estimate of drug-likeness (QED) is 0.648. The summed E-state index contributed by atoms with van der Waals surface area (Å²) in [5.41, 5.74) is 2.88. The molecule has 1 aromatic rings. The Bertz CT molecular complexity index is 480. The third-order valence-corrected chi connectivity index (χ3v) is 2.00. The number of anilines is 2. The van der Waals surface area contributed by atoms with E-state index in [1.165, 1.54) is 0 Å². The van der Waals surface area contributed by atoms with Gasteiger partial charge in [-0.1, -0.05) is 0 Å². The first-order valence-corrected chi connectivity index (χ1v) is 4.82. The van der Waals surface area contributed by atoms with Crippen molar-refractivity contribution in [3.8, 4) is 0 Å². The van der Waals surface area contributed by atoms with Crippen molar-refractivity contribution in [1.29, 1.82) is 0 Å². The molecule has 0 aliphatic heterocycles. The number of hydrogen-bond acceptors (Lipinski definition) is 2. The van der Waals surface area contributed by atoms with Crippen LogP contribution in [0.1, 0.15) is 12.0 Å². The van der Waals surface area contributed by atoms with Gasteiger partial charge in [0.2, 0.25) is 5.91 Å². The van der Waals surface area contributed by atoms with Gasteiger partial charge in [0.05, 0.1) is 5.56 Å². The number of alkyl halides is 6. The number of hydrogen-bond donors (Lipinski definition) is 2. The van der Waals surface area contributed by atoms with E-state index < -0.39 is 41.6 Å². The Morgan fingerprint density at radius 1 is 1.16 bits per heavy atom. The summed E-state index contributed by atoms with van der Waals surface area (Å²) in [7, 11) is 0. The van der Waals surface area contributed by atoms with Gasteiger partial charge in [-0.3, -0.25) is 4.79 Å². The standard InChI is InChI=1S/C10H8F6N2O/c11-9(12,13)4-8(19)18-5-1-2-7(17)6(3-5)10(14,15)16/h1-3H,4,17H2,(H,18,19). The molecular formula is C10H8F6N2O. The number of amides is 1. The number of halogens is 6. The molecule has 0 atom stereocenters. The van der Waals surface area contributed by atoms with Crippen LogP contribution in [0.25, 0.3) is 0 Å². The van der Waals surface area contributed by atoms with Crippen LogP contribution in [-0.4, -0.2) is 12.1 Å². The number of nitrogens with one attached hydrogen (secondary N) is 1. The molecule has 106 valence electrons. The molecule has 1 amide bonds. The predicted molar refractivity (Wildman–Crippen MR) is 55.2 cm³/mol. The average Bonchev–Trinajstić information content (AvgIpc) is 2.16. The summed E-state index contributed by atoms with van der Waals surface area (Å²) in [4.78, 5) is 10.9. The lowest BCUT2D eigenvalue weighted by atomic mass is 10.1. The predicted octanol–water partition coefficient (Wildman–Crippen LogP) is 3.18. The lowest BCUT2D eigenvalue weighted by Gasteiger charge is -2.13. The summed E-state index contributed by atoms with van der Waals surface area (Å²) in [6.45, 7) is 0. The van der Waals surface area contributed by atoms with Crippen molar-refractivity contribution in [2.24, 2.45) is 0 Å². The van der Waals surface area contributed by atoms with Crippen LogP contribution in [0.2, 0.25) is 0 Å². The molecule has 0 aliphatic carbocycles. The van der Waals surface area contributed by atoms with E-state index in [4.69, 9.17) is 5.73 Å². The normalized spacial score (nSPS) is 12.3. The first kappa shape index (κ1) is 15.1. The van der Waals surface area contributed by atoms with E-state index in [1.54, 1.807) is 5.32 Å². The van der Waals surface area contributed by atoms with E-state index in [9.17, 15) is 31.1 Å². The second-order valence-electron chi connectivity index (χ2n) is 3.64. The summed E-state index contributed by atoms with van der Waals surface area (Å²) < 4.78 is 73.0. The van der Waals surface area contributed by atoms with Gasteiger partial charge in [-0.2, -0.15) is 26.3 Å². The number of carbonyl (C=O) groups excluding carboxylic acids is 1. The van der Waals surface area contributed by atoms with Crippen LogP contribution >= 0.6 is 0 Å². The highest BCUT2D eigenvalue weighted by molar-refractivity contribution is 5.91. The molecular weight excluding hydrogens is 278 g/mol. The highest BCUT2D eigenvalue weighted by atomic mass is 19.4. The zero-order valence-corrected chi connectivity index (χ0v) is 9.19. The lowest BCUT2D eigenvalue weighted by Crippen LogP contribution is -2.21. The Kier molecular flexibility index (Phi) is 3.97. The zero-order valence-electron chi connectivity index (χ0n) is 9.19. The van der Waals surface area contributed by atoms with E-state index in [0.29, 0.717) is 6.07 Å². The molecule has 0 fully saturated rings. The molecule has 19 heavy (non-hydrogen) atoms. The number of nitrogens with two attached hydrogens (primary N) is 1. The average molecular weight is 286 g/mol. The number of benzene rings is 1. The zero-order chi connectivity index (χ0) is 14.8. The molecule has 0 radical (unpaired) electrons. The fourth-order valence-corrected chi connectivity index (χ4v) is 1.27. The van der Waals surface area contributed by atoms with Gasteiger partial charge in [0.25, 0.3) is 0 Å². The van der Waals surface area contributed by atoms with Crippen LogP contribution in [0.3, 0.4) is 0 Å². The van der Waals surface area contributed by atoms with Crippen molar-refractivity contribution in [2.45, 2.75) is 18.8 Å². The first-order valence-electron chi connectivity index (χ1n) is 4.82.